The summed E-state index contributed by atoms with van der Waals surface area (Å²) in [5.41, 5.74) is 1.36. The molecule has 0 aliphatic rings. The quantitative estimate of drug-likeness (QED) is 0.571. The molecule has 12 heavy (non-hydrogen) atoms. The van der Waals surface area contributed by atoms with Gasteiger partial charge in [0.1, 0.15) is 0 Å². The van der Waals surface area contributed by atoms with Gasteiger partial charge in [0, 0.05) is 16.0 Å². The Morgan fingerprint density at radius 3 is 3.00 bits per heavy atom. The van der Waals surface area contributed by atoms with Crippen LogP contribution in [-0.2, 0) is 5.75 Å². The van der Waals surface area contributed by atoms with E-state index in [-0.39, 0.29) is 0 Å². The molecule has 0 spiro atoms. The summed E-state index contributed by atoms with van der Waals surface area (Å²) < 4.78 is 1.15. The highest BCUT2D eigenvalue weighted by Gasteiger charge is 1.92. The fourth-order valence-corrected chi connectivity index (χ4v) is 2.03. The summed E-state index contributed by atoms with van der Waals surface area (Å²) >= 11 is 5.32. The average molecular weight is 243 g/mol. The van der Waals surface area contributed by atoms with Gasteiger partial charge >= 0.3 is 0 Å². The second-order valence-electron chi connectivity index (χ2n) is 2.43. The molecule has 0 unspecified atom stereocenters. The Morgan fingerprint density at radius 2 is 2.33 bits per heavy atom. The van der Waals surface area contributed by atoms with Gasteiger partial charge < -0.3 is 0 Å². The summed E-state index contributed by atoms with van der Waals surface area (Å²) in [6.07, 6.45) is 1.93. The van der Waals surface area contributed by atoms with Gasteiger partial charge in [0.15, 0.2) is 0 Å². The van der Waals surface area contributed by atoms with E-state index in [1.54, 1.807) is 0 Å². The number of halogens is 1. The maximum Gasteiger partial charge on any atom is 0.0188 e. The number of benzene rings is 1. The molecule has 1 aromatic carbocycles. The van der Waals surface area contributed by atoms with Crippen LogP contribution in [0.25, 0.3) is 0 Å². The summed E-state index contributed by atoms with van der Waals surface area (Å²) in [4.78, 5) is 0. The third kappa shape index (κ3) is 3.46. The molecule has 2 heteroatoms. The van der Waals surface area contributed by atoms with E-state index in [0.29, 0.717) is 0 Å². The van der Waals surface area contributed by atoms with Gasteiger partial charge in [-0.05, 0) is 17.7 Å². The maximum absolute atomic E-state index is 3.68. The van der Waals surface area contributed by atoms with Gasteiger partial charge in [-0.3, -0.25) is 0 Å². The van der Waals surface area contributed by atoms with Crippen LogP contribution in [0, 0.1) is 0 Å². The van der Waals surface area contributed by atoms with Crippen molar-refractivity contribution in [2.75, 3.05) is 5.75 Å². The Hall–Kier alpha value is -0.210. The number of hydrogen-bond acceptors (Lipinski definition) is 1. The third-order valence-electron chi connectivity index (χ3n) is 1.39. The standard InChI is InChI=1S/C10H11BrS/c1-2-6-12-8-9-4-3-5-10(11)7-9/h2-5,7H,1,6,8H2. The Morgan fingerprint density at radius 1 is 1.50 bits per heavy atom. The zero-order valence-corrected chi connectivity index (χ0v) is 9.20. The molecule has 0 heterocycles. The lowest BCUT2D eigenvalue weighted by atomic mass is 10.2. The SMILES string of the molecule is C=CCSCc1cccc(Br)c1. The first-order valence-corrected chi connectivity index (χ1v) is 5.71. The van der Waals surface area contributed by atoms with Crippen LogP contribution in [0.1, 0.15) is 5.56 Å². The van der Waals surface area contributed by atoms with E-state index in [2.05, 4.69) is 40.7 Å². The van der Waals surface area contributed by atoms with Crippen LogP contribution in [0.2, 0.25) is 0 Å². The summed E-state index contributed by atoms with van der Waals surface area (Å²) in [5, 5.41) is 0. The maximum atomic E-state index is 3.68. The van der Waals surface area contributed by atoms with E-state index in [0.717, 1.165) is 16.0 Å². The predicted molar refractivity (Wildman–Crippen MR) is 60.5 cm³/mol. The van der Waals surface area contributed by atoms with Gasteiger partial charge in [0.2, 0.25) is 0 Å². The van der Waals surface area contributed by atoms with Crippen molar-refractivity contribution in [2.24, 2.45) is 0 Å². The van der Waals surface area contributed by atoms with Crippen molar-refractivity contribution in [3.8, 4) is 0 Å². The Balaban J connectivity index is 2.46. The van der Waals surface area contributed by atoms with Gasteiger partial charge in [-0.2, -0.15) is 11.8 Å². The molecule has 0 aromatic heterocycles. The molecule has 0 atom stereocenters. The van der Waals surface area contributed by atoms with E-state index >= 15 is 0 Å². The minimum atomic E-state index is 1.02. The van der Waals surface area contributed by atoms with Crippen LogP contribution in [0.4, 0.5) is 0 Å². The van der Waals surface area contributed by atoms with E-state index in [1.165, 1.54) is 5.56 Å². The van der Waals surface area contributed by atoms with Crippen LogP contribution >= 0.6 is 27.7 Å². The van der Waals surface area contributed by atoms with E-state index in [1.807, 2.05) is 23.9 Å². The first kappa shape index (κ1) is 9.87. The minimum absolute atomic E-state index is 1.02. The van der Waals surface area contributed by atoms with Crippen LogP contribution < -0.4 is 0 Å². The molecule has 0 aliphatic carbocycles. The van der Waals surface area contributed by atoms with Gasteiger partial charge in [-0.15, -0.1) is 6.58 Å². The van der Waals surface area contributed by atoms with Crippen molar-refractivity contribution >= 4 is 27.7 Å². The topological polar surface area (TPSA) is 0 Å². The molecule has 0 nitrogen and oxygen atoms in total. The summed E-state index contributed by atoms with van der Waals surface area (Å²) in [5.74, 6) is 2.08. The third-order valence-corrected chi connectivity index (χ3v) is 2.90. The molecular weight excluding hydrogens is 232 g/mol. The lowest BCUT2D eigenvalue weighted by Gasteiger charge is -1.99. The van der Waals surface area contributed by atoms with Crippen LogP contribution in [0.3, 0.4) is 0 Å². The van der Waals surface area contributed by atoms with Gasteiger partial charge in [0.25, 0.3) is 0 Å². The average Bonchev–Trinajstić information content (AvgIpc) is 2.05. The van der Waals surface area contributed by atoms with Gasteiger partial charge in [0.05, 0.1) is 0 Å². The Bertz CT molecular complexity index is 258. The van der Waals surface area contributed by atoms with E-state index < -0.39 is 0 Å². The Labute approximate surface area is 86.2 Å². The van der Waals surface area contributed by atoms with Gasteiger partial charge in [-0.25, -0.2) is 0 Å². The molecule has 0 N–H and O–H groups in total. The normalized spacial score (nSPS) is 9.75. The van der Waals surface area contributed by atoms with E-state index in [9.17, 15) is 0 Å². The highest BCUT2D eigenvalue weighted by molar-refractivity contribution is 9.10. The smallest absolute Gasteiger partial charge is 0.0188 e. The second-order valence-corrected chi connectivity index (χ2v) is 4.38. The summed E-state index contributed by atoms with van der Waals surface area (Å²) in [6, 6.07) is 8.40. The van der Waals surface area contributed by atoms with Crippen molar-refractivity contribution in [3.05, 3.63) is 47.0 Å². The summed E-state index contributed by atoms with van der Waals surface area (Å²) in [7, 11) is 0. The number of thioether (sulfide) groups is 1. The first-order valence-electron chi connectivity index (χ1n) is 3.76. The van der Waals surface area contributed by atoms with Crippen molar-refractivity contribution in [2.45, 2.75) is 5.75 Å². The lowest BCUT2D eigenvalue weighted by Crippen LogP contribution is -1.80. The van der Waals surface area contributed by atoms with Crippen molar-refractivity contribution in [1.82, 2.24) is 0 Å². The molecule has 0 bridgehead atoms. The highest BCUT2D eigenvalue weighted by Crippen LogP contribution is 2.16. The van der Waals surface area contributed by atoms with Crippen LogP contribution in [-0.4, -0.2) is 5.75 Å². The molecule has 0 aliphatic heterocycles. The van der Waals surface area contributed by atoms with E-state index in [4.69, 9.17) is 0 Å². The molecule has 64 valence electrons. The molecule has 0 fully saturated rings. The fourth-order valence-electron chi connectivity index (χ4n) is 0.887. The molecule has 0 amide bonds. The Kier molecular flexibility index (Phi) is 4.48. The molecule has 1 aromatic rings. The largest absolute Gasteiger partial charge is 0.153 e. The zero-order valence-electron chi connectivity index (χ0n) is 6.79. The molecule has 0 radical (unpaired) electrons. The molecule has 0 saturated carbocycles. The van der Waals surface area contributed by atoms with Gasteiger partial charge in [-0.1, -0.05) is 34.1 Å². The van der Waals surface area contributed by atoms with Crippen molar-refractivity contribution < 1.29 is 0 Å². The van der Waals surface area contributed by atoms with Crippen molar-refractivity contribution in [1.29, 1.82) is 0 Å². The highest BCUT2D eigenvalue weighted by atomic mass is 79.9. The molecule has 0 saturated heterocycles. The molecule has 1 rings (SSSR count). The van der Waals surface area contributed by atoms with Crippen LogP contribution in [0.15, 0.2) is 41.4 Å². The predicted octanol–water partition coefficient (Wildman–Crippen LogP) is 3.87. The summed E-state index contributed by atoms with van der Waals surface area (Å²) in [6.45, 7) is 3.68. The first-order chi connectivity index (χ1) is 5.83. The number of rotatable bonds is 4. The zero-order chi connectivity index (χ0) is 8.81. The lowest BCUT2D eigenvalue weighted by molar-refractivity contribution is 1.40. The fraction of sp³-hybridized carbons (Fsp3) is 0.200. The molecular formula is C10H11BrS. The monoisotopic (exact) mass is 242 g/mol. The minimum Gasteiger partial charge on any atom is -0.153 e. The van der Waals surface area contributed by atoms with Crippen LogP contribution in [0.5, 0.6) is 0 Å². The number of hydrogen-bond donors (Lipinski definition) is 0. The van der Waals surface area contributed by atoms with Crippen molar-refractivity contribution in [3.63, 3.8) is 0 Å². The second kappa shape index (κ2) is 5.44.